The summed E-state index contributed by atoms with van der Waals surface area (Å²) in [5.41, 5.74) is 10.6. The van der Waals surface area contributed by atoms with Gasteiger partial charge in [0.25, 0.3) is 0 Å². The van der Waals surface area contributed by atoms with Gasteiger partial charge in [-0.15, -0.1) is 56.7 Å². The van der Waals surface area contributed by atoms with E-state index in [0.717, 1.165) is 69.2 Å². The molecule has 0 saturated carbocycles. The van der Waals surface area contributed by atoms with Crippen LogP contribution in [0.15, 0.2) is 324 Å². The molecular weight excluding hydrogens is 1440 g/mol. The number of methoxy groups -OCH3 is 1. The number of ether oxygens (including phenoxy) is 1. The lowest BCUT2D eigenvalue weighted by atomic mass is 10.1. The van der Waals surface area contributed by atoms with Crippen molar-refractivity contribution >= 4 is 128 Å². The zero-order valence-corrected chi connectivity index (χ0v) is 62.1. The minimum Gasteiger partial charge on any atom is -0.497 e. The van der Waals surface area contributed by atoms with Crippen molar-refractivity contribution in [1.29, 1.82) is 0 Å². The molecule has 108 heavy (non-hydrogen) atoms. The molecule has 0 saturated heterocycles. The van der Waals surface area contributed by atoms with Crippen LogP contribution in [0, 0.1) is 13.8 Å². The van der Waals surface area contributed by atoms with Crippen LogP contribution in [0.3, 0.4) is 0 Å². The van der Waals surface area contributed by atoms with Crippen LogP contribution < -0.4 is 4.74 Å². The summed E-state index contributed by atoms with van der Waals surface area (Å²) < 4.78 is 18.3. The van der Waals surface area contributed by atoms with Gasteiger partial charge in [-0.2, -0.15) is 0 Å². The molecule has 0 atom stereocenters. The molecule has 0 aliphatic rings. The third-order valence-electron chi connectivity index (χ3n) is 16.7. The normalized spacial score (nSPS) is 10.7. The molecule has 19 heteroatoms. The smallest absolute Gasteiger partial charge is 0.221 e. The van der Waals surface area contributed by atoms with Crippen LogP contribution in [-0.4, -0.2) is 66.4 Å². The van der Waals surface area contributed by atoms with Crippen LogP contribution in [0.2, 0.25) is 0 Å². The van der Waals surface area contributed by atoms with Gasteiger partial charge >= 0.3 is 0 Å². The Morgan fingerprint density at radius 2 is 0.787 bits per heavy atom. The number of nitrogens with zero attached hydrogens (tertiary/aromatic N) is 5. The number of aryl methyl sites for hydroxylation is 2. The van der Waals surface area contributed by atoms with E-state index in [2.05, 4.69) is 69.3 Å². The van der Waals surface area contributed by atoms with Gasteiger partial charge in [-0.1, -0.05) is 236 Å². The van der Waals surface area contributed by atoms with Gasteiger partial charge in [-0.25, -0.2) is 24.9 Å². The third kappa shape index (κ3) is 17.1. The van der Waals surface area contributed by atoms with Gasteiger partial charge in [-0.05, 0) is 102 Å². The fourth-order valence-electron chi connectivity index (χ4n) is 11.3. The average molecular weight is 1510 g/mol. The SMILES string of the molecule is COc1ccc(-c2sc(C(=O)c3ccccc3)nc2-c2ccc(C)cc2)cc1.Cc1csc(C(=O)c2ccccc2)n1.O.O=C(c1ccccc1)c1nc(-c2ccco2)c(-c2ccco2)s1.O=C(c1ccccc1)c1nc2cc3ccccc3cc2s1.O=C(c1ccccc1)c1nc2ccc3ccccc3c2s1. The lowest BCUT2D eigenvalue weighted by Crippen LogP contribution is -1.99. The second-order valence-corrected chi connectivity index (χ2v) is 28.9. The van der Waals surface area contributed by atoms with Gasteiger partial charge in [0, 0.05) is 49.8 Å². The maximum Gasteiger partial charge on any atom is 0.221 e. The Morgan fingerprint density at radius 1 is 0.352 bits per heavy atom. The molecule has 0 unspecified atom stereocenters. The van der Waals surface area contributed by atoms with Crippen LogP contribution in [-0.2, 0) is 0 Å². The van der Waals surface area contributed by atoms with Crippen LogP contribution in [0.1, 0.15) is 88.1 Å². The number of hydrogen-bond donors (Lipinski definition) is 0. The van der Waals surface area contributed by atoms with Gasteiger partial charge in [0.2, 0.25) is 28.9 Å². The summed E-state index contributed by atoms with van der Waals surface area (Å²) >= 11 is 7.05. The summed E-state index contributed by atoms with van der Waals surface area (Å²) in [5, 5.41) is 9.10. The van der Waals surface area contributed by atoms with Crippen molar-refractivity contribution in [2.24, 2.45) is 0 Å². The average Bonchev–Trinajstić information content (AvgIpc) is 1.65. The van der Waals surface area contributed by atoms with Crippen LogP contribution in [0.5, 0.6) is 5.75 Å². The molecule has 7 aromatic heterocycles. The molecule has 0 aliphatic heterocycles. The second kappa shape index (κ2) is 34.5. The number of aromatic nitrogens is 5. The molecule has 0 spiro atoms. The number of carbonyl (C=O) groups is 5. The summed E-state index contributed by atoms with van der Waals surface area (Å²) in [6, 6.07) is 94.1. The number of rotatable bonds is 15. The molecule has 7 heterocycles. The van der Waals surface area contributed by atoms with Gasteiger partial charge in [0.05, 0.1) is 50.6 Å². The van der Waals surface area contributed by atoms with Crippen LogP contribution >= 0.6 is 56.7 Å². The van der Waals surface area contributed by atoms with Crippen molar-refractivity contribution in [2.45, 2.75) is 13.8 Å². The molecule has 11 aromatic carbocycles. The van der Waals surface area contributed by atoms with Crippen molar-refractivity contribution in [3.63, 3.8) is 0 Å². The van der Waals surface area contributed by atoms with E-state index in [0.29, 0.717) is 70.1 Å². The summed E-state index contributed by atoms with van der Waals surface area (Å²) in [6.07, 6.45) is 3.18. The predicted molar refractivity (Wildman–Crippen MR) is 436 cm³/mol. The molecule has 2 N–H and O–H groups in total. The lowest BCUT2D eigenvalue weighted by Gasteiger charge is -2.05. The maximum absolute atomic E-state index is 13.0. The van der Waals surface area contributed by atoms with Crippen molar-refractivity contribution in [3.8, 4) is 49.5 Å². The Hall–Kier alpha value is -12.7. The highest BCUT2D eigenvalue weighted by Gasteiger charge is 2.25. The zero-order chi connectivity index (χ0) is 73.6. The Labute approximate surface area is 640 Å². The predicted octanol–water partition coefficient (Wildman–Crippen LogP) is 22.1. The summed E-state index contributed by atoms with van der Waals surface area (Å²) in [6.45, 7) is 3.94. The minimum atomic E-state index is -0.110. The van der Waals surface area contributed by atoms with Crippen molar-refractivity contribution in [1.82, 2.24) is 24.9 Å². The highest BCUT2D eigenvalue weighted by atomic mass is 32.1. The van der Waals surface area contributed by atoms with E-state index in [-0.39, 0.29) is 34.4 Å². The third-order valence-corrected chi connectivity index (χ3v) is 22.0. The zero-order valence-electron chi connectivity index (χ0n) is 58.1. The highest BCUT2D eigenvalue weighted by Crippen LogP contribution is 2.41. The minimum absolute atomic E-state index is 0. The quantitative estimate of drug-likeness (QED) is 0.0874. The fourth-order valence-corrected chi connectivity index (χ4v) is 16.2. The van der Waals surface area contributed by atoms with E-state index in [9.17, 15) is 24.0 Å². The molecule has 14 nitrogen and oxygen atoms in total. The van der Waals surface area contributed by atoms with E-state index < -0.39 is 0 Å². The number of ketones is 5. The topological polar surface area (TPSA) is 217 Å². The molecular formula is C89H63N5O9S5. The molecule has 0 amide bonds. The van der Waals surface area contributed by atoms with Gasteiger partial charge in [-0.3, -0.25) is 24.0 Å². The fraction of sp³-hybridized carbons (Fsp3) is 0.0337. The van der Waals surface area contributed by atoms with Crippen LogP contribution in [0.25, 0.3) is 85.8 Å². The summed E-state index contributed by atoms with van der Waals surface area (Å²) in [5.74, 6) is 1.89. The molecule has 0 aliphatic carbocycles. The van der Waals surface area contributed by atoms with E-state index in [4.69, 9.17) is 18.6 Å². The van der Waals surface area contributed by atoms with Crippen molar-refractivity contribution in [2.75, 3.05) is 7.11 Å². The summed E-state index contributed by atoms with van der Waals surface area (Å²) in [4.78, 5) is 86.5. The lowest BCUT2D eigenvalue weighted by molar-refractivity contribution is 0.103. The first-order valence-corrected chi connectivity index (χ1v) is 37.8. The molecule has 0 bridgehead atoms. The van der Waals surface area contributed by atoms with Gasteiger partial charge in [0.1, 0.15) is 22.1 Å². The largest absolute Gasteiger partial charge is 0.497 e. The molecule has 528 valence electrons. The number of carbonyl (C=O) groups excluding carboxylic acids is 5. The number of thiazole rings is 5. The molecule has 0 fully saturated rings. The Kier molecular flexibility index (Phi) is 23.5. The first-order chi connectivity index (χ1) is 52.4. The second-order valence-electron chi connectivity index (χ2n) is 24.1. The number of fused-ring (bicyclic) bond motifs is 5. The molecule has 0 radical (unpaired) electrons. The van der Waals surface area contributed by atoms with Gasteiger partial charge < -0.3 is 19.0 Å². The van der Waals surface area contributed by atoms with Crippen molar-refractivity contribution < 1.29 is 43.0 Å². The van der Waals surface area contributed by atoms with E-state index >= 15 is 0 Å². The first kappa shape index (κ1) is 73.6. The Balaban J connectivity index is 0.000000120. The Morgan fingerprint density at radius 3 is 1.29 bits per heavy atom. The van der Waals surface area contributed by atoms with E-state index in [1.807, 2.05) is 231 Å². The van der Waals surface area contributed by atoms with Crippen molar-refractivity contribution in [3.05, 3.63) is 379 Å². The standard InChI is InChI=1S/C24H19NO2S.C18H11NO3S.2C18H11NOS.C11H9NOS.H2O/c1-16-8-10-17(11-9-16)21-23(19-12-14-20(27-2)15-13-19)28-24(25-21)22(26)18-6-4-3-5-7-18;20-16(12-6-2-1-3-7-12)18-19-15(13-8-4-10-21-13)17(23-18)14-9-5-11-22-14;20-16(13-7-2-1-3-8-13)18-19-15-11-10-12-6-4-5-9-14(12)17(15)21-18;20-17(12-6-2-1-3-7-12)18-19-15-10-13-8-4-5-9-14(13)11-16(15)21-18;1-8-7-14-11(12-8)10(13)9-5-3-2-4-6-9;/h3-15H,1-2H3;1-11H;2*1-11H;2-7H,1H3;1H2. The highest BCUT2D eigenvalue weighted by molar-refractivity contribution is 7.21. The van der Waals surface area contributed by atoms with Crippen LogP contribution in [0.4, 0.5) is 0 Å². The monoisotopic (exact) mass is 1510 g/mol. The Bertz CT molecular complexity index is 5990. The number of furan rings is 2. The van der Waals surface area contributed by atoms with Gasteiger partial charge in [0.15, 0.2) is 30.8 Å². The molecule has 18 rings (SSSR count). The van der Waals surface area contributed by atoms with E-state index in [1.165, 1.54) is 73.0 Å². The first-order valence-electron chi connectivity index (χ1n) is 33.7. The number of hydrogen-bond acceptors (Lipinski definition) is 18. The maximum atomic E-state index is 13.0. The molecule has 18 aromatic rings. The number of benzene rings is 11. The van der Waals surface area contributed by atoms with E-state index in [1.54, 1.807) is 56.0 Å². The summed E-state index contributed by atoms with van der Waals surface area (Å²) in [7, 11) is 1.65.